The van der Waals surface area contributed by atoms with Gasteiger partial charge in [-0.25, -0.2) is 0 Å². The number of likely N-dealkylation sites (tertiary alicyclic amines) is 1. The summed E-state index contributed by atoms with van der Waals surface area (Å²) in [5.74, 6) is 1.86. The van der Waals surface area contributed by atoms with Gasteiger partial charge in [-0.3, -0.25) is 4.90 Å². The summed E-state index contributed by atoms with van der Waals surface area (Å²) in [6.07, 6.45) is 8.16. The number of nitrogens with zero attached hydrogens (tertiary/aromatic N) is 1. The first-order chi connectivity index (χ1) is 7.29. The molecule has 1 aliphatic heterocycles. The van der Waals surface area contributed by atoms with E-state index < -0.39 is 0 Å². The van der Waals surface area contributed by atoms with Crippen LogP contribution in [-0.2, 0) is 0 Å². The van der Waals surface area contributed by atoms with Gasteiger partial charge in [0.25, 0.3) is 0 Å². The largest absolute Gasteiger partial charge is 0.395 e. The molecule has 1 N–H and O–H groups in total. The number of hydrogen-bond donors (Lipinski definition) is 1. The van der Waals surface area contributed by atoms with Crippen LogP contribution in [0.4, 0.5) is 0 Å². The highest BCUT2D eigenvalue weighted by atomic mass is 16.3. The molecule has 1 saturated carbocycles. The molecule has 0 aromatic carbocycles. The Morgan fingerprint density at radius 1 is 1.13 bits per heavy atom. The molecule has 1 heterocycles. The molecule has 0 aromatic rings. The van der Waals surface area contributed by atoms with Crippen LogP contribution in [0.3, 0.4) is 0 Å². The van der Waals surface area contributed by atoms with Crippen molar-refractivity contribution < 1.29 is 5.11 Å². The third kappa shape index (κ3) is 2.94. The summed E-state index contributed by atoms with van der Waals surface area (Å²) in [6.45, 7) is 5.21. The van der Waals surface area contributed by atoms with E-state index in [-0.39, 0.29) is 0 Å². The Labute approximate surface area is 93.7 Å². The standard InChI is InChI=1S/C13H25NO/c1-11-4-6-12(7-5-11)9-14-8-2-3-13(14)10-15/h11-13,15H,2-10H2,1H3/t11?,12?,13-/m1/s1. The van der Waals surface area contributed by atoms with Crippen molar-refractivity contribution >= 4 is 0 Å². The van der Waals surface area contributed by atoms with Crippen LogP contribution in [0.25, 0.3) is 0 Å². The lowest BCUT2D eigenvalue weighted by atomic mass is 9.83. The lowest BCUT2D eigenvalue weighted by molar-refractivity contribution is 0.126. The number of aliphatic hydroxyl groups excluding tert-OH is 1. The highest BCUT2D eigenvalue weighted by Crippen LogP contribution is 2.30. The fourth-order valence-corrected chi connectivity index (χ4v) is 3.19. The van der Waals surface area contributed by atoms with Gasteiger partial charge in [0.2, 0.25) is 0 Å². The summed E-state index contributed by atoms with van der Waals surface area (Å²) in [5.41, 5.74) is 0. The molecule has 0 radical (unpaired) electrons. The molecule has 2 aliphatic rings. The smallest absolute Gasteiger partial charge is 0.0586 e. The number of hydrogen-bond acceptors (Lipinski definition) is 2. The van der Waals surface area contributed by atoms with Crippen molar-refractivity contribution in [2.75, 3.05) is 19.7 Å². The lowest BCUT2D eigenvalue weighted by Gasteiger charge is -2.32. The fourth-order valence-electron chi connectivity index (χ4n) is 3.19. The molecule has 88 valence electrons. The second kappa shape index (κ2) is 5.31. The first kappa shape index (κ1) is 11.4. The summed E-state index contributed by atoms with van der Waals surface area (Å²) in [4.78, 5) is 2.53. The van der Waals surface area contributed by atoms with Crippen LogP contribution in [0.15, 0.2) is 0 Å². The highest BCUT2D eigenvalue weighted by Gasteiger charge is 2.27. The molecular formula is C13H25NO. The van der Waals surface area contributed by atoms with Crippen molar-refractivity contribution in [1.29, 1.82) is 0 Å². The summed E-state index contributed by atoms with van der Waals surface area (Å²) >= 11 is 0. The van der Waals surface area contributed by atoms with Crippen LogP contribution in [-0.4, -0.2) is 35.7 Å². The van der Waals surface area contributed by atoms with E-state index in [0.717, 1.165) is 11.8 Å². The Kier molecular flexibility index (Phi) is 4.04. The van der Waals surface area contributed by atoms with E-state index in [1.165, 1.54) is 51.6 Å². The molecule has 15 heavy (non-hydrogen) atoms. The zero-order valence-electron chi connectivity index (χ0n) is 9.99. The SMILES string of the molecule is CC1CCC(CN2CCC[C@@H]2CO)CC1. The molecule has 2 heteroatoms. The maximum atomic E-state index is 9.27. The van der Waals surface area contributed by atoms with Gasteiger partial charge < -0.3 is 5.11 Å². The number of rotatable bonds is 3. The zero-order valence-corrected chi connectivity index (χ0v) is 9.99. The van der Waals surface area contributed by atoms with E-state index in [2.05, 4.69) is 11.8 Å². The van der Waals surface area contributed by atoms with Crippen molar-refractivity contribution in [3.63, 3.8) is 0 Å². The first-order valence-electron chi connectivity index (χ1n) is 6.64. The van der Waals surface area contributed by atoms with Gasteiger partial charge in [0.15, 0.2) is 0 Å². The topological polar surface area (TPSA) is 23.5 Å². The fraction of sp³-hybridized carbons (Fsp3) is 1.00. The van der Waals surface area contributed by atoms with Gasteiger partial charge in [-0.15, -0.1) is 0 Å². The molecule has 1 saturated heterocycles. The predicted octanol–water partition coefficient (Wildman–Crippen LogP) is 2.27. The van der Waals surface area contributed by atoms with Gasteiger partial charge >= 0.3 is 0 Å². The van der Waals surface area contributed by atoms with E-state index in [1.807, 2.05) is 0 Å². The highest BCUT2D eigenvalue weighted by molar-refractivity contribution is 4.82. The Bertz CT molecular complexity index is 187. The normalized spacial score (nSPS) is 38.4. The Morgan fingerprint density at radius 2 is 1.87 bits per heavy atom. The van der Waals surface area contributed by atoms with E-state index in [9.17, 15) is 5.11 Å². The van der Waals surface area contributed by atoms with Crippen molar-refractivity contribution in [3.8, 4) is 0 Å². The van der Waals surface area contributed by atoms with E-state index in [0.29, 0.717) is 12.6 Å². The summed E-state index contributed by atoms with van der Waals surface area (Å²) < 4.78 is 0. The molecule has 0 spiro atoms. The van der Waals surface area contributed by atoms with Gasteiger partial charge in [-0.2, -0.15) is 0 Å². The summed E-state index contributed by atoms with van der Waals surface area (Å²) in [7, 11) is 0. The summed E-state index contributed by atoms with van der Waals surface area (Å²) in [5, 5.41) is 9.27. The van der Waals surface area contributed by atoms with E-state index >= 15 is 0 Å². The molecule has 1 atom stereocenters. The molecule has 2 fully saturated rings. The van der Waals surface area contributed by atoms with Crippen molar-refractivity contribution in [2.24, 2.45) is 11.8 Å². The minimum absolute atomic E-state index is 0.364. The van der Waals surface area contributed by atoms with Crippen LogP contribution in [0, 0.1) is 11.8 Å². The van der Waals surface area contributed by atoms with E-state index in [1.54, 1.807) is 0 Å². The molecule has 2 nitrogen and oxygen atoms in total. The molecular weight excluding hydrogens is 186 g/mol. The van der Waals surface area contributed by atoms with Gasteiger partial charge in [-0.05, 0) is 44.1 Å². The Balaban J connectivity index is 1.76. The quantitative estimate of drug-likeness (QED) is 0.774. The van der Waals surface area contributed by atoms with Gasteiger partial charge in [0, 0.05) is 12.6 Å². The third-order valence-electron chi connectivity index (χ3n) is 4.34. The molecule has 0 aromatic heterocycles. The van der Waals surface area contributed by atoms with Gasteiger partial charge in [0.05, 0.1) is 6.61 Å². The number of aliphatic hydroxyl groups is 1. The second-order valence-electron chi connectivity index (χ2n) is 5.60. The second-order valence-corrected chi connectivity index (χ2v) is 5.60. The first-order valence-corrected chi connectivity index (χ1v) is 6.64. The third-order valence-corrected chi connectivity index (χ3v) is 4.34. The summed E-state index contributed by atoms with van der Waals surface area (Å²) in [6, 6.07) is 0.476. The molecule has 1 aliphatic carbocycles. The maximum absolute atomic E-state index is 9.27. The average Bonchev–Trinajstić information content (AvgIpc) is 2.69. The molecule has 0 amide bonds. The van der Waals surface area contributed by atoms with Crippen LogP contribution in [0.2, 0.25) is 0 Å². The van der Waals surface area contributed by atoms with E-state index in [4.69, 9.17) is 0 Å². The molecule has 0 bridgehead atoms. The van der Waals surface area contributed by atoms with Gasteiger partial charge in [-0.1, -0.05) is 19.8 Å². The predicted molar refractivity (Wildman–Crippen MR) is 62.8 cm³/mol. The zero-order chi connectivity index (χ0) is 10.7. The van der Waals surface area contributed by atoms with Crippen molar-refractivity contribution in [2.45, 2.75) is 51.5 Å². The van der Waals surface area contributed by atoms with Crippen molar-refractivity contribution in [1.82, 2.24) is 4.90 Å². The van der Waals surface area contributed by atoms with Crippen molar-refractivity contribution in [3.05, 3.63) is 0 Å². The molecule has 0 unspecified atom stereocenters. The van der Waals surface area contributed by atoms with Crippen LogP contribution >= 0.6 is 0 Å². The van der Waals surface area contributed by atoms with Gasteiger partial charge in [0.1, 0.15) is 0 Å². The monoisotopic (exact) mass is 211 g/mol. The minimum Gasteiger partial charge on any atom is -0.395 e. The van der Waals surface area contributed by atoms with Crippen LogP contribution in [0.1, 0.15) is 45.4 Å². The molecule has 2 rings (SSSR count). The lowest BCUT2D eigenvalue weighted by Crippen LogP contribution is -2.37. The Morgan fingerprint density at radius 3 is 2.53 bits per heavy atom. The Hall–Kier alpha value is -0.0800. The van der Waals surface area contributed by atoms with Crippen LogP contribution < -0.4 is 0 Å². The average molecular weight is 211 g/mol. The minimum atomic E-state index is 0.364. The maximum Gasteiger partial charge on any atom is 0.0586 e. The van der Waals surface area contributed by atoms with Crippen LogP contribution in [0.5, 0.6) is 0 Å².